The Labute approximate surface area is 117 Å². The van der Waals surface area contributed by atoms with Gasteiger partial charge in [-0.15, -0.1) is 0 Å². The molecule has 2 aromatic carbocycles. The summed E-state index contributed by atoms with van der Waals surface area (Å²) >= 11 is 0. The van der Waals surface area contributed by atoms with Gasteiger partial charge in [0.2, 0.25) is 0 Å². The summed E-state index contributed by atoms with van der Waals surface area (Å²) < 4.78 is 19.6. The van der Waals surface area contributed by atoms with Gasteiger partial charge >= 0.3 is 0 Å². The topological polar surface area (TPSA) is 26.3 Å². The van der Waals surface area contributed by atoms with Crippen LogP contribution < -0.4 is 4.74 Å². The molecule has 0 saturated heterocycles. The quantitative estimate of drug-likeness (QED) is 0.797. The molecule has 102 valence electrons. The van der Waals surface area contributed by atoms with E-state index in [9.17, 15) is 9.18 Å². The van der Waals surface area contributed by atoms with Gasteiger partial charge in [-0.05, 0) is 35.6 Å². The number of carbonyl (C=O) groups is 1. The summed E-state index contributed by atoms with van der Waals surface area (Å²) in [7, 11) is 0. The summed E-state index contributed by atoms with van der Waals surface area (Å²) in [5.41, 5.74) is 2.60. The fraction of sp³-hybridized carbons (Fsp3) is 0.235. The van der Waals surface area contributed by atoms with Crippen LogP contribution in [0.2, 0.25) is 0 Å². The van der Waals surface area contributed by atoms with Crippen LogP contribution >= 0.6 is 0 Å². The van der Waals surface area contributed by atoms with E-state index in [0.29, 0.717) is 30.8 Å². The number of ether oxygens (including phenoxy) is 1. The van der Waals surface area contributed by atoms with Crippen LogP contribution in [-0.2, 0) is 24.2 Å². The number of fused-ring (bicyclic) bond motifs is 1. The predicted octanol–water partition coefficient (Wildman–Crippen LogP) is 3.32. The third kappa shape index (κ3) is 2.57. The summed E-state index contributed by atoms with van der Waals surface area (Å²) in [6, 6.07) is 13.0. The van der Waals surface area contributed by atoms with Gasteiger partial charge in [0.25, 0.3) is 0 Å². The average Bonchev–Trinajstić information content (AvgIpc) is 2.90. The third-order valence-electron chi connectivity index (χ3n) is 3.65. The van der Waals surface area contributed by atoms with Crippen LogP contribution in [0.3, 0.4) is 0 Å². The Morgan fingerprint density at radius 2 is 2.00 bits per heavy atom. The van der Waals surface area contributed by atoms with Crippen LogP contribution in [0.4, 0.5) is 4.39 Å². The lowest BCUT2D eigenvalue weighted by atomic mass is 10.1. The van der Waals surface area contributed by atoms with Gasteiger partial charge in [0.1, 0.15) is 24.5 Å². The van der Waals surface area contributed by atoms with Gasteiger partial charge in [-0.25, -0.2) is 4.39 Å². The number of aldehydes is 1. The molecule has 0 saturated carbocycles. The van der Waals surface area contributed by atoms with Crippen molar-refractivity contribution >= 4 is 6.29 Å². The van der Waals surface area contributed by atoms with E-state index >= 15 is 0 Å². The molecule has 2 nitrogen and oxygen atoms in total. The first-order valence-electron chi connectivity index (χ1n) is 6.69. The van der Waals surface area contributed by atoms with E-state index in [1.54, 1.807) is 0 Å². The lowest BCUT2D eigenvalue weighted by Crippen LogP contribution is -1.99. The van der Waals surface area contributed by atoms with Crippen LogP contribution in [0.15, 0.2) is 42.5 Å². The fourth-order valence-electron chi connectivity index (χ4n) is 2.61. The number of carbonyl (C=O) groups excluding carboxylic acids is 1. The maximum absolute atomic E-state index is 14.0. The lowest BCUT2D eigenvalue weighted by molar-refractivity contribution is -0.110. The normalized spacial score (nSPS) is 16.8. The highest BCUT2D eigenvalue weighted by Gasteiger charge is 2.24. The van der Waals surface area contributed by atoms with E-state index < -0.39 is 0 Å². The molecular weight excluding hydrogens is 255 g/mol. The summed E-state index contributed by atoms with van der Waals surface area (Å²) in [6.45, 7) is 0.413. The van der Waals surface area contributed by atoms with Gasteiger partial charge in [0.15, 0.2) is 0 Å². The molecule has 20 heavy (non-hydrogen) atoms. The molecule has 1 atom stereocenters. The van der Waals surface area contributed by atoms with E-state index in [4.69, 9.17) is 4.74 Å². The zero-order valence-corrected chi connectivity index (χ0v) is 11.0. The lowest BCUT2D eigenvalue weighted by Gasteiger charge is -2.09. The van der Waals surface area contributed by atoms with E-state index in [1.807, 2.05) is 36.4 Å². The van der Waals surface area contributed by atoms with Crippen molar-refractivity contribution in [2.45, 2.75) is 19.4 Å². The van der Waals surface area contributed by atoms with E-state index in [0.717, 1.165) is 17.4 Å². The van der Waals surface area contributed by atoms with E-state index in [-0.39, 0.29) is 11.7 Å². The molecule has 0 aromatic heterocycles. The highest BCUT2D eigenvalue weighted by atomic mass is 19.1. The molecule has 0 amide bonds. The Balaban J connectivity index is 1.76. The van der Waals surface area contributed by atoms with Gasteiger partial charge < -0.3 is 9.53 Å². The number of benzene rings is 2. The second kappa shape index (κ2) is 5.45. The Kier molecular flexibility index (Phi) is 3.50. The molecule has 0 radical (unpaired) electrons. The molecule has 0 bridgehead atoms. The number of hydrogen-bond acceptors (Lipinski definition) is 2. The summed E-state index contributed by atoms with van der Waals surface area (Å²) in [6.07, 6.45) is 2.02. The average molecular weight is 270 g/mol. The van der Waals surface area contributed by atoms with Crippen LogP contribution in [0, 0.1) is 11.7 Å². The van der Waals surface area contributed by atoms with Crippen molar-refractivity contribution in [3.63, 3.8) is 0 Å². The summed E-state index contributed by atoms with van der Waals surface area (Å²) in [4.78, 5) is 10.8. The second-order valence-corrected chi connectivity index (χ2v) is 5.12. The standard InChI is InChI=1S/C17H15FO2/c18-17-9-15(20-11-12-4-2-1-3-5-12)8-14-6-13(10-19)7-16(14)17/h1-5,8-10,13H,6-7,11H2. The molecule has 3 heteroatoms. The highest BCUT2D eigenvalue weighted by Crippen LogP contribution is 2.31. The first kappa shape index (κ1) is 12.9. The van der Waals surface area contributed by atoms with Gasteiger partial charge in [-0.3, -0.25) is 0 Å². The highest BCUT2D eigenvalue weighted by molar-refractivity contribution is 5.59. The van der Waals surface area contributed by atoms with Gasteiger partial charge in [0, 0.05) is 12.0 Å². The van der Waals surface area contributed by atoms with Gasteiger partial charge in [-0.2, -0.15) is 0 Å². The zero-order chi connectivity index (χ0) is 13.9. The predicted molar refractivity (Wildman–Crippen MR) is 74.1 cm³/mol. The summed E-state index contributed by atoms with van der Waals surface area (Å²) in [5, 5.41) is 0. The van der Waals surface area contributed by atoms with Gasteiger partial charge in [-0.1, -0.05) is 30.3 Å². The SMILES string of the molecule is O=CC1Cc2cc(OCc3ccccc3)cc(F)c2C1. The minimum atomic E-state index is -0.269. The fourth-order valence-corrected chi connectivity index (χ4v) is 2.61. The second-order valence-electron chi connectivity index (χ2n) is 5.12. The Hall–Kier alpha value is -2.16. The van der Waals surface area contributed by atoms with Crippen molar-refractivity contribution in [3.05, 3.63) is 65.0 Å². The van der Waals surface area contributed by atoms with Crippen molar-refractivity contribution in [3.8, 4) is 5.75 Å². The Bertz CT molecular complexity index is 622. The van der Waals surface area contributed by atoms with Crippen LogP contribution in [0.1, 0.15) is 16.7 Å². The Morgan fingerprint density at radius 3 is 2.75 bits per heavy atom. The molecule has 3 rings (SSSR count). The first-order valence-corrected chi connectivity index (χ1v) is 6.69. The number of halogens is 1. The molecule has 0 fully saturated rings. The minimum Gasteiger partial charge on any atom is -0.489 e. The molecule has 0 N–H and O–H groups in total. The van der Waals surface area contributed by atoms with Crippen LogP contribution in [0.25, 0.3) is 0 Å². The number of rotatable bonds is 4. The molecule has 0 spiro atoms. The van der Waals surface area contributed by atoms with Crippen molar-refractivity contribution in [1.82, 2.24) is 0 Å². The largest absolute Gasteiger partial charge is 0.489 e. The van der Waals surface area contributed by atoms with Crippen LogP contribution in [0.5, 0.6) is 5.75 Å². The molecule has 1 unspecified atom stereocenters. The van der Waals surface area contributed by atoms with Crippen molar-refractivity contribution in [2.24, 2.45) is 5.92 Å². The van der Waals surface area contributed by atoms with Crippen molar-refractivity contribution < 1.29 is 13.9 Å². The van der Waals surface area contributed by atoms with Crippen molar-refractivity contribution in [2.75, 3.05) is 0 Å². The van der Waals surface area contributed by atoms with E-state index in [1.165, 1.54) is 6.07 Å². The molecule has 0 aliphatic heterocycles. The van der Waals surface area contributed by atoms with Crippen molar-refractivity contribution in [1.29, 1.82) is 0 Å². The van der Waals surface area contributed by atoms with Crippen LogP contribution in [-0.4, -0.2) is 6.29 Å². The monoisotopic (exact) mass is 270 g/mol. The molecular formula is C17H15FO2. The number of hydrogen-bond donors (Lipinski definition) is 0. The smallest absolute Gasteiger partial charge is 0.130 e. The zero-order valence-electron chi connectivity index (χ0n) is 11.0. The maximum atomic E-state index is 14.0. The molecule has 2 aromatic rings. The maximum Gasteiger partial charge on any atom is 0.130 e. The minimum absolute atomic E-state index is 0.0936. The van der Waals surface area contributed by atoms with Gasteiger partial charge in [0.05, 0.1) is 0 Å². The molecule has 0 heterocycles. The summed E-state index contributed by atoms with van der Waals surface area (Å²) in [5.74, 6) is 0.162. The van der Waals surface area contributed by atoms with E-state index in [2.05, 4.69) is 0 Å². The molecule has 1 aliphatic carbocycles. The first-order chi connectivity index (χ1) is 9.76. The third-order valence-corrected chi connectivity index (χ3v) is 3.65. The molecule has 1 aliphatic rings. The Morgan fingerprint density at radius 1 is 1.20 bits per heavy atom.